The number of ether oxygens (including phenoxy) is 1. The van der Waals surface area contributed by atoms with Gasteiger partial charge in [-0.25, -0.2) is 0 Å². The number of morpholine rings is 1. The Morgan fingerprint density at radius 1 is 1.20 bits per heavy atom. The number of carbonyl (C=O) groups is 1. The fourth-order valence-corrected chi connectivity index (χ4v) is 2.98. The van der Waals surface area contributed by atoms with E-state index in [1.54, 1.807) is 0 Å². The summed E-state index contributed by atoms with van der Waals surface area (Å²) in [6.45, 7) is 10.9. The van der Waals surface area contributed by atoms with Crippen LogP contribution in [0.15, 0.2) is 24.3 Å². The first-order chi connectivity index (χ1) is 10.8. The molecule has 1 amide bonds. The molecule has 5 nitrogen and oxygen atoms in total. The van der Waals surface area contributed by atoms with E-state index in [-0.39, 0.29) is 48.5 Å². The molecule has 1 heterocycles. The molecule has 0 spiro atoms. The highest BCUT2D eigenvalue weighted by molar-refractivity contribution is 5.85. The van der Waals surface area contributed by atoms with Crippen molar-refractivity contribution in [1.82, 2.24) is 10.2 Å². The number of rotatable bonds is 5. The Labute approximate surface area is 163 Å². The van der Waals surface area contributed by atoms with Crippen LogP contribution in [-0.2, 0) is 16.0 Å². The Bertz CT molecular complexity index is 528. The van der Waals surface area contributed by atoms with E-state index in [1.807, 2.05) is 24.3 Å². The molecule has 2 unspecified atom stereocenters. The zero-order valence-electron chi connectivity index (χ0n) is 15.5. The van der Waals surface area contributed by atoms with Crippen LogP contribution in [0.3, 0.4) is 0 Å². The maximum atomic E-state index is 12.2. The molecule has 1 aliphatic rings. The molecule has 7 heteroatoms. The molecule has 1 fully saturated rings. The van der Waals surface area contributed by atoms with Gasteiger partial charge in [0.2, 0.25) is 5.91 Å². The van der Waals surface area contributed by atoms with Crippen molar-refractivity contribution in [3.63, 3.8) is 0 Å². The standard InChI is InChI=1S/C18H29N3O2.2ClH/c1-13-10-21(11-14(2)23-13)18(3,4)12-20-17(22)9-15-5-7-16(19)8-6-15;;/h5-8,13-14H,9-12,19H2,1-4H3,(H,20,22);2*1H. The third kappa shape index (κ3) is 7.40. The van der Waals surface area contributed by atoms with Crippen molar-refractivity contribution in [2.75, 3.05) is 25.4 Å². The number of nitrogens with two attached hydrogens (primary N) is 1. The molecule has 1 saturated heterocycles. The number of nitrogens with zero attached hydrogens (tertiary/aromatic N) is 1. The summed E-state index contributed by atoms with van der Waals surface area (Å²) < 4.78 is 5.79. The minimum Gasteiger partial charge on any atom is -0.399 e. The van der Waals surface area contributed by atoms with Gasteiger partial charge in [0.25, 0.3) is 0 Å². The van der Waals surface area contributed by atoms with Crippen LogP contribution in [0.25, 0.3) is 0 Å². The van der Waals surface area contributed by atoms with E-state index < -0.39 is 0 Å². The summed E-state index contributed by atoms with van der Waals surface area (Å²) in [5.41, 5.74) is 7.26. The highest BCUT2D eigenvalue weighted by Gasteiger charge is 2.33. The van der Waals surface area contributed by atoms with E-state index in [9.17, 15) is 4.79 Å². The Morgan fingerprint density at radius 3 is 2.24 bits per heavy atom. The number of nitrogens with one attached hydrogen (secondary N) is 1. The van der Waals surface area contributed by atoms with Gasteiger partial charge < -0.3 is 15.8 Å². The van der Waals surface area contributed by atoms with Gasteiger partial charge in [0.1, 0.15) is 0 Å². The quantitative estimate of drug-likeness (QED) is 0.756. The summed E-state index contributed by atoms with van der Waals surface area (Å²) >= 11 is 0. The number of carbonyl (C=O) groups excluding carboxylic acids is 1. The van der Waals surface area contributed by atoms with Crippen molar-refractivity contribution in [2.24, 2.45) is 0 Å². The number of amides is 1. The minimum atomic E-state index is -0.0942. The van der Waals surface area contributed by atoms with Crippen LogP contribution >= 0.6 is 24.8 Å². The summed E-state index contributed by atoms with van der Waals surface area (Å²) in [5, 5.41) is 3.06. The smallest absolute Gasteiger partial charge is 0.224 e. The normalized spacial score (nSPS) is 21.0. The van der Waals surface area contributed by atoms with Crippen LogP contribution in [0, 0.1) is 0 Å². The lowest BCUT2D eigenvalue weighted by Gasteiger charge is -2.45. The minimum absolute atomic E-state index is 0. The molecule has 1 aromatic carbocycles. The molecule has 1 aliphatic heterocycles. The van der Waals surface area contributed by atoms with Crippen molar-refractivity contribution in [1.29, 1.82) is 0 Å². The molecular weight excluding hydrogens is 361 g/mol. The fourth-order valence-electron chi connectivity index (χ4n) is 2.98. The number of benzene rings is 1. The van der Waals surface area contributed by atoms with Gasteiger partial charge in [-0.15, -0.1) is 24.8 Å². The third-order valence-electron chi connectivity index (χ3n) is 4.34. The number of halogens is 2. The van der Waals surface area contributed by atoms with E-state index in [2.05, 4.69) is 37.9 Å². The zero-order chi connectivity index (χ0) is 17.0. The highest BCUT2D eigenvalue weighted by atomic mass is 35.5. The van der Waals surface area contributed by atoms with Crippen LogP contribution in [-0.4, -0.2) is 48.2 Å². The van der Waals surface area contributed by atoms with Crippen molar-refractivity contribution < 1.29 is 9.53 Å². The first-order valence-corrected chi connectivity index (χ1v) is 8.28. The van der Waals surface area contributed by atoms with Gasteiger partial charge in [-0.2, -0.15) is 0 Å². The molecule has 2 rings (SSSR count). The summed E-state index contributed by atoms with van der Waals surface area (Å²) in [4.78, 5) is 14.6. The molecule has 0 aromatic heterocycles. The summed E-state index contributed by atoms with van der Waals surface area (Å²) in [5.74, 6) is 0.0391. The topological polar surface area (TPSA) is 67.6 Å². The van der Waals surface area contributed by atoms with Gasteiger partial charge in [0.05, 0.1) is 18.6 Å². The Hall–Kier alpha value is -1.01. The Morgan fingerprint density at radius 2 is 1.72 bits per heavy atom. The van der Waals surface area contributed by atoms with Gasteiger partial charge in [0, 0.05) is 30.9 Å². The lowest BCUT2D eigenvalue weighted by molar-refractivity contribution is -0.122. The average Bonchev–Trinajstić information content (AvgIpc) is 2.47. The number of anilines is 1. The average molecular weight is 392 g/mol. The highest BCUT2D eigenvalue weighted by Crippen LogP contribution is 2.20. The summed E-state index contributed by atoms with van der Waals surface area (Å²) in [7, 11) is 0. The first-order valence-electron chi connectivity index (χ1n) is 8.28. The van der Waals surface area contributed by atoms with Crippen LogP contribution in [0.4, 0.5) is 5.69 Å². The van der Waals surface area contributed by atoms with Crippen molar-refractivity contribution in [3.05, 3.63) is 29.8 Å². The van der Waals surface area contributed by atoms with Gasteiger partial charge in [-0.3, -0.25) is 9.69 Å². The molecule has 0 bridgehead atoms. The van der Waals surface area contributed by atoms with E-state index in [0.29, 0.717) is 18.7 Å². The SMILES string of the molecule is CC1CN(C(C)(C)CNC(=O)Cc2ccc(N)cc2)CC(C)O1.Cl.Cl. The lowest BCUT2D eigenvalue weighted by atomic mass is 10.00. The second-order valence-electron chi connectivity index (χ2n) is 7.17. The van der Waals surface area contributed by atoms with Crippen LogP contribution < -0.4 is 11.1 Å². The van der Waals surface area contributed by atoms with Gasteiger partial charge >= 0.3 is 0 Å². The Balaban J connectivity index is 0.00000288. The van der Waals surface area contributed by atoms with E-state index in [0.717, 1.165) is 18.7 Å². The summed E-state index contributed by atoms with van der Waals surface area (Å²) in [6, 6.07) is 7.43. The zero-order valence-corrected chi connectivity index (χ0v) is 17.1. The van der Waals surface area contributed by atoms with Crippen LogP contribution in [0.2, 0.25) is 0 Å². The second kappa shape index (κ2) is 10.2. The Kier molecular flexibility index (Phi) is 9.80. The van der Waals surface area contributed by atoms with Crippen LogP contribution in [0.1, 0.15) is 33.3 Å². The van der Waals surface area contributed by atoms with Crippen LogP contribution in [0.5, 0.6) is 0 Å². The maximum Gasteiger partial charge on any atom is 0.224 e. The first kappa shape index (κ1) is 24.0. The molecule has 25 heavy (non-hydrogen) atoms. The predicted octanol–water partition coefficient (Wildman–Crippen LogP) is 2.66. The monoisotopic (exact) mass is 391 g/mol. The van der Waals surface area contributed by atoms with E-state index in [1.165, 1.54) is 0 Å². The number of hydrogen-bond acceptors (Lipinski definition) is 4. The van der Waals surface area contributed by atoms with Crippen molar-refractivity contribution in [3.8, 4) is 0 Å². The second-order valence-corrected chi connectivity index (χ2v) is 7.17. The van der Waals surface area contributed by atoms with E-state index >= 15 is 0 Å². The van der Waals surface area contributed by atoms with Crippen molar-refractivity contribution in [2.45, 2.75) is 51.9 Å². The molecular formula is C18H31Cl2N3O2. The molecule has 0 aliphatic carbocycles. The summed E-state index contributed by atoms with van der Waals surface area (Å²) in [6.07, 6.45) is 0.832. The van der Waals surface area contributed by atoms with Gasteiger partial charge in [-0.1, -0.05) is 12.1 Å². The van der Waals surface area contributed by atoms with Crippen molar-refractivity contribution >= 4 is 36.4 Å². The number of hydrogen-bond donors (Lipinski definition) is 2. The largest absolute Gasteiger partial charge is 0.399 e. The molecule has 0 radical (unpaired) electrons. The third-order valence-corrected chi connectivity index (χ3v) is 4.34. The van der Waals surface area contributed by atoms with Gasteiger partial charge in [0.15, 0.2) is 0 Å². The van der Waals surface area contributed by atoms with E-state index in [4.69, 9.17) is 10.5 Å². The maximum absolute atomic E-state index is 12.2. The number of nitrogen functional groups attached to an aromatic ring is 1. The molecule has 3 N–H and O–H groups in total. The lowest BCUT2D eigenvalue weighted by Crippen LogP contribution is -2.58. The predicted molar refractivity (Wildman–Crippen MR) is 108 cm³/mol. The molecule has 1 aromatic rings. The molecule has 0 saturated carbocycles. The molecule has 144 valence electrons. The van der Waals surface area contributed by atoms with Gasteiger partial charge in [-0.05, 0) is 45.4 Å². The fraction of sp³-hybridized carbons (Fsp3) is 0.611. The molecule has 2 atom stereocenters.